The second-order valence-corrected chi connectivity index (χ2v) is 7.64. The molecule has 0 saturated carbocycles. The molecule has 0 bridgehead atoms. The van der Waals surface area contributed by atoms with Crippen molar-refractivity contribution in [1.29, 1.82) is 0 Å². The Balaban J connectivity index is 0. The summed E-state index contributed by atoms with van der Waals surface area (Å²) >= 11 is 0. The summed E-state index contributed by atoms with van der Waals surface area (Å²) in [5, 5.41) is 0. The minimum Gasteiger partial charge on any atom is -0.340 e. The van der Waals surface area contributed by atoms with Crippen LogP contribution in [-0.2, 0) is 4.79 Å². The highest BCUT2D eigenvalue weighted by molar-refractivity contribution is 5.85. The number of amides is 1. The first kappa shape index (κ1) is 25.2. The first-order chi connectivity index (χ1) is 9.78. The molecule has 1 amide bonds. The molecule has 0 aromatic heterocycles. The van der Waals surface area contributed by atoms with Crippen molar-refractivity contribution in [1.82, 2.24) is 9.80 Å². The van der Waals surface area contributed by atoms with E-state index in [1.165, 1.54) is 6.42 Å². The van der Waals surface area contributed by atoms with Crippen molar-refractivity contribution in [2.45, 2.75) is 53.9 Å². The van der Waals surface area contributed by atoms with Crippen molar-refractivity contribution in [2.75, 3.05) is 39.3 Å². The van der Waals surface area contributed by atoms with Crippen LogP contribution in [0.15, 0.2) is 0 Å². The van der Waals surface area contributed by atoms with Crippen molar-refractivity contribution in [2.24, 2.45) is 16.6 Å². The molecule has 0 aromatic rings. The molecule has 1 saturated heterocycles. The van der Waals surface area contributed by atoms with Gasteiger partial charge >= 0.3 is 0 Å². The van der Waals surface area contributed by atoms with E-state index in [0.29, 0.717) is 12.0 Å². The van der Waals surface area contributed by atoms with E-state index >= 15 is 0 Å². The van der Waals surface area contributed by atoms with Crippen LogP contribution in [0.25, 0.3) is 0 Å². The second kappa shape index (κ2) is 10.8. The van der Waals surface area contributed by atoms with Gasteiger partial charge in [-0.15, -0.1) is 24.8 Å². The van der Waals surface area contributed by atoms with Crippen LogP contribution in [-0.4, -0.2) is 55.0 Å². The third-order valence-electron chi connectivity index (χ3n) is 5.04. The Morgan fingerprint density at radius 1 is 1.00 bits per heavy atom. The Morgan fingerprint density at radius 3 is 1.83 bits per heavy atom. The van der Waals surface area contributed by atoms with Crippen LogP contribution in [0.1, 0.15) is 53.9 Å². The van der Waals surface area contributed by atoms with Gasteiger partial charge in [0.2, 0.25) is 5.91 Å². The van der Waals surface area contributed by atoms with E-state index in [4.69, 9.17) is 5.73 Å². The lowest BCUT2D eigenvalue weighted by molar-refractivity contribution is -0.144. The highest BCUT2D eigenvalue weighted by Gasteiger charge is 2.37. The molecule has 1 fully saturated rings. The van der Waals surface area contributed by atoms with Crippen LogP contribution < -0.4 is 5.73 Å². The van der Waals surface area contributed by atoms with Gasteiger partial charge in [0, 0.05) is 32.7 Å². The van der Waals surface area contributed by atoms with Crippen molar-refractivity contribution in [3.05, 3.63) is 0 Å². The lowest BCUT2D eigenvalue weighted by Crippen LogP contribution is -2.55. The second-order valence-electron chi connectivity index (χ2n) is 7.64. The fraction of sp³-hybridized carbons (Fsp3) is 0.941. The molecule has 1 rings (SSSR count). The minimum atomic E-state index is -0.340. The molecule has 2 N–H and O–H groups in total. The van der Waals surface area contributed by atoms with E-state index in [9.17, 15) is 4.79 Å². The van der Waals surface area contributed by atoms with Gasteiger partial charge in [0.25, 0.3) is 0 Å². The normalized spacial score (nSPS) is 16.5. The zero-order valence-electron chi connectivity index (χ0n) is 15.6. The molecule has 4 nitrogen and oxygen atoms in total. The highest BCUT2D eigenvalue weighted by atomic mass is 35.5. The summed E-state index contributed by atoms with van der Waals surface area (Å²) in [6.45, 7) is 16.3. The van der Waals surface area contributed by atoms with Gasteiger partial charge in [-0.25, -0.2) is 0 Å². The van der Waals surface area contributed by atoms with Gasteiger partial charge < -0.3 is 10.6 Å². The highest BCUT2D eigenvalue weighted by Crippen LogP contribution is 2.28. The van der Waals surface area contributed by atoms with E-state index in [-0.39, 0.29) is 36.1 Å². The lowest BCUT2D eigenvalue weighted by Gasteiger charge is -2.40. The van der Waals surface area contributed by atoms with E-state index in [0.717, 1.165) is 45.6 Å². The number of piperazine rings is 1. The molecule has 1 heterocycles. The summed E-state index contributed by atoms with van der Waals surface area (Å²) in [4.78, 5) is 17.3. The van der Waals surface area contributed by atoms with Gasteiger partial charge in [-0.05, 0) is 31.2 Å². The number of halogens is 2. The van der Waals surface area contributed by atoms with Gasteiger partial charge in [-0.2, -0.15) is 0 Å². The lowest BCUT2D eigenvalue weighted by atomic mass is 9.80. The Morgan fingerprint density at radius 2 is 1.48 bits per heavy atom. The van der Waals surface area contributed by atoms with Crippen LogP contribution in [0.3, 0.4) is 0 Å². The summed E-state index contributed by atoms with van der Waals surface area (Å²) in [6.07, 6.45) is 2.88. The fourth-order valence-corrected chi connectivity index (χ4v) is 2.93. The van der Waals surface area contributed by atoms with E-state index < -0.39 is 0 Å². The molecular weight excluding hydrogens is 333 g/mol. The van der Waals surface area contributed by atoms with Crippen LogP contribution >= 0.6 is 24.8 Å². The molecule has 0 unspecified atom stereocenters. The van der Waals surface area contributed by atoms with Crippen molar-refractivity contribution < 1.29 is 4.79 Å². The molecule has 1 aliphatic rings. The Labute approximate surface area is 155 Å². The summed E-state index contributed by atoms with van der Waals surface area (Å²) in [5.41, 5.74) is 5.94. The summed E-state index contributed by atoms with van der Waals surface area (Å²) in [5.74, 6) is 0.269. The summed E-state index contributed by atoms with van der Waals surface area (Å²) in [7, 11) is 0. The molecule has 0 aliphatic carbocycles. The molecule has 140 valence electrons. The average molecular weight is 370 g/mol. The van der Waals surface area contributed by atoms with E-state index in [2.05, 4.69) is 39.5 Å². The maximum atomic E-state index is 12.8. The van der Waals surface area contributed by atoms with Crippen LogP contribution in [0.4, 0.5) is 0 Å². The quantitative estimate of drug-likeness (QED) is 0.781. The summed E-state index contributed by atoms with van der Waals surface area (Å²) in [6, 6.07) is 0. The SMILES string of the molecule is CCC(CC)(CN)C(=O)N1CCN(CCC(C)(C)C)CC1.Cl.Cl. The molecule has 23 heavy (non-hydrogen) atoms. The van der Waals surface area contributed by atoms with Gasteiger partial charge in [-0.1, -0.05) is 34.6 Å². The third kappa shape index (κ3) is 7.16. The predicted octanol–water partition coefficient (Wildman–Crippen LogP) is 3.18. The number of hydrogen-bond acceptors (Lipinski definition) is 3. The number of carbonyl (C=O) groups is 1. The molecule has 0 radical (unpaired) electrons. The standard InChI is InChI=1S/C17H35N3O.2ClH/c1-6-17(7-2,14-18)15(21)20-12-10-19(11-13-20)9-8-16(3,4)5;;/h6-14,18H2,1-5H3;2*1H. The van der Waals surface area contributed by atoms with Gasteiger partial charge in [0.05, 0.1) is 5.41 Å². The largest absolute Gasteiger partial charge is 0.340 e. The predicted molar refractivity (Wildman–Crippen MR) is 104 cm³/mol. The number of nitrogens with two attached hydrogens (primary N) is 1. The Kier molecular flexibility index (Phi) is 11.8. The Hall–Kier alpha value is -0.0300. The van der Waals surface area contributed by atoms with E-state index in [1.54, 1.807) is 0 Å². The topological polar surface area (TPSA) is 49.6 Å². The third-order valence-corrected chi connectivity index (χ3v) is 5.04. The fourth-order valence-electron chi connectivity index (χ4n) is 2.93. The summed E-state index contributed by atoms with van der Waals surface area (Å²) < 4.78 is 0. The zero-order valence-corrected chi connectivity index (χ0v) is 17.2. The molecule has 0 spiro atoms. The maximum Gasteiger partial charge on any atom is 0.230 e. The maximum absolute atomic E-state index is 12.8. The number of nitrogens with zero attached hydrogens (tertiary/aromatic N) is 2. The van der Waals surface area contributed by atoms with Gasteiger partial charge in [-0.3, -0.25) is 9.69 Å². The van der Waals surface area contributed by atoms with Crippen LogP contribution in [0, 0.1) is 10.8 Å². The van der Waals surface area contributed by atoms with Gasteiger partial charge in [0.1, 0.15) is 0 Å². The van der Waals surface area contributed by atoms with Crippen molar-refractivity contribution >= 4 is 30.7 Å². The molecule has 0 aromatic carbocycles. The van der Waals surface area contributed by atoms with Crippen LogP contribution in [0.2, 0.25) is 0 Å². The molecule has 0 atom stereocenters. The number of hydrogen-bond donors (Lipinski definition) is 1. The smallest absolute Gasteiger partial charge is 0.230 e. The number of rotatable bonds is 6. The minimum absolute atomic E-state index is 0. The van der Waals surface area contributed by atoms with Crippen molar-refractivity contribution in [3.63, 3.8) is 0 Å². The zero-order chi connectivity index (χ0) is 16.1. The Bertz CT molecular complexity index is 325. The van der Waals surface area contributed by atoms with Crippen molar-refractivity contribution in [3.8, 4) is 0 Å². The number of carbonyl (C=O) groups excluding carboxylic acids is 1. The monoisotopic (exact) mass is 369 g/mol. The van der Waals surface area contributed by atoms with Crippen LogP contribution in [0.5, 0.6) is 0 Å². The molecule has 6 heteroatoms. The average Bonchev–Trinajstić information content (AvgIpc) is 2.47. The molecular formula is C17H37Cl2N3O. The first-order valence-corrected chi connectivity index (χ1v) is 8.50. The van der Waals surface area contributed by atoms with E-state index in [1.807, 2.05) is 4.90 Å². The first-order valence-electron chi connectivity index (χ1n) is 8.50. The van der Waals surface area contributed by atoms with Gasteiger partial charge in [0.15, 0.2) is 0 Å². The molecule has 1 aliphatic heterocycles.